The lowest BCUT2D eigenvalue weighted by molar-refractivity contribution is 0.164. The Morgan fingerprint density at radius 1 is 1.35 bits per heavy atom. The van der Waals surface area contributed by atoms with Gasteiger partial charge in [0.15, 0.2) is 11.5 Å². The molecule has 0 aromatic heterocycles. The molecule has 1 atom stereocenters. The van der Waals surface area contributed by atoms with E-state index in [1.807, 2.05) is 0 Å². The molecule has 1 unspecified atom stereocenters. The van der Waals surface area contributed by atoms with E-state index < -0.39 is 5.79 Å². The number of fused-ring (bicyclic) bond motifs is 1. The third-order valence-corrected chi connectivity index (χ3v) is 3.13. The van der Waals surface area contributed by atoms with Gasteiger partial charge in [0.2, 0.25) is 11.5 Å². The number of ether oxygens (including phenoxy) is 3. The molecular formula is C13H16N4O3. The molecule has 0 saturated heterocycles. The molecule has 5 N–H and O–H groups in total. The summed E-state index contributed by atoms with van der Waals surface area (Å²) in [4.78, 5) is 4.23. The fourth-order valence-electron chi connectivity index (χ4n) is 2.17. The van der Waals surface area contributed by atoms with Crippen molar-refractivity contribution < 1.29 is 14.2 Å². The number of benzene rings is 1. The molecule has 3 rings (SSSR count). The average Bonchev–Trinajstić information content (AvgIpc) is 2.45. The summed E-state index contributed by atoms with van der Waals surface area (Å²) in [6.45, 7) is 0.971. The Labute approximate surface area is 116 Å². The van der Waals surface area contributed by atoms with Gasteiger partial charge in [0, 0.05) is 11.8 Å². The second-order valence-corrected chi connectivity index (χ2v) is 4.48. The molecule has 0 amide bonds. The van der Waals surface area contributed by atoms with Crippen LogP contribution in [0.4, 0.5) is 0 Å². The lowest BCUT2D eigenvalue weighted by atomic mass is 10.1. The van der Waals surface area contributed by atoms with Crippen molar-refractivity contribution in [1.29, 1.82) is 0 Å². The zero-order valence-electron chi connectivity index (χ0n) is 11.1. The predicted octanol–water partition coefficient (Wildman–Crippen LogP) is 0.00950. The Kier molecular flexibility index (Phi) is 2.90. The van der Waals surface area contributed by atoms with Crippen molar-refractivity contribution in [3.63, 3.8) is 0 Å². The molecule has 0 aliphatic carbocycles. The first-order valence-corrected chi connectivity index (χ1v) is 6.19. The summed E-state index contributed by atoms with van der Waals surface area (Å²) in [6.07, 6.45) is 3.30. The first kappa shape index (κ1) is 12.6. The van der Waals surface area contributed by atoms with E-state index in [0.717, 1.165) is 0 Å². The summed E-state index contributed by atoms with van der Waals surface area (Å²) >= 11 is 0. The SMILES string of the molecule is COc1cc(C2(N)N=C(N)C=CN2)cc2c1OCCO2. The zero-order chi connectivity index (χ0) is 14.2. The zero-order valence-corrected chi connectivity index (χ0v) is 11.1. The largest absolute Gasteiger partial charge is 0.493 e. The molecule has 2 heterocycles. The van der Waals surface area contributed by atoms with Crippen molar-refractivity contribution in [3.05, 3.63) is 30.0 Å². The summed E-state index contributed by atoms with van der Waals surface area (Å²) in [5.74, 6) is 0.907. The lowest BCUT2D eigenvalue weighted by Gasteiger charge is -2.30. The molecule has 7 heteroatoms. The minimum atomic E-state index is -1.15. The van der Waals surface area contributed by atoms with E-state index in [1.165, 1.54) is 0 Å². The van der Waals surface area contributed by atoms with E-state index >= 15 is 0 Å². The number of nitrogens with two attached hydrogens (primary N) is 2. The maximum Gasteiger partial charge on any atom is 0.211 e. The second-order valence-electron chi connectivity index (χ2n) is 4.48. The topological polar surface area (TPSA) is 104 Å². The Morgan fingerprint density at radius 3 is 2.90 bits per heavy atom. The molecule has 0 bridgehead atoms. The molecule has 0 fully saturated rings. The highest BCUT2D eigenvalue weighted by molar-refractivity contribution is 5.92. The summed E-state index contributed by atoms with van der Waals surface area (Å²) < 4.78 is 16.5. The number of aliphatic imine (C=N–C) groups is 1. The maximum absolute atomic E-state index is 6.25. The van der Waals surface area contributed by atoms with Crippen LogP contribution in [-0.4, -0.2) is 26.2 Å². The fraction of sp³-hybridized carbons (Fsp3) is 0.308. The lowest BCUT2D eigenvalue weighted by Crippen LogP contribution is -2.49. The van der Waals surface area contributed by atoms with Crippen LogP contribution in [-0.2, 0) is 5.79 Å². The highest BCUT2D eigenvalue weighted by Crippen LogP contribution is 2.42. The molecule has 0 saturated carbocycles. The number of hydrogen-bond donors (Lipinski definition) is 3. The standard InChI is InChI=1S/C13H16N4O3/c1-18-9-6-8(7-10-12(9)20-5-4-19-10)13(15)16-3-2-11(14)17-13/h2-3,6-7,16H,4-5,15H2,1H3,(H2,14,17). The van der Waals surface area contributed by atoms with Crippen LogP contribution in [0.3, 0.4) is 0 Å². The number of nitrogens with zero attached hydrogens (tertiary/aromatic N) is 1. The Bertz CT molecular complexity index is 582. The minimum Gasteiger partial charge on any atom is -0.493 e. The van der Waals surface area contributed by atoms with Gasteiger partial charge in [-0.2, -0.15) is 0 Å². The summed E-state index contributed by atoms with van der Waals surface area (Å²) in [7, 11) is 1.56. The van der Waals surface area contributed by atoms with E-state index in [0.29, 0.717) is 41.9 Å². The minimum absolute atomic E-state index is 0.347. The molecule has 0 spiro atoms. The van der Waals surface area contributed by atoms with E-state index in [9.17, 15) is 0 Å². The van der Waals surface area contributed by atoms with Gasteiger partial charge in [-0.15, -0.1) is 0 Å². The van der Waals surface area contributed by atoms with Crippen LogP contribution < -0.4 is 31.0 Å². The quantitative estimate of drug-likeness (QED) is 0.703. The van der Waals surface area contributed by atoms with Crippen LogP contribution >= 0.6 is 0 Å². The molecular weight excluding hydrogens is 260 g/mol. The molecule has 7 nitrogen and oxygen atoms in total. The fourth-order valence-corrected chi connectivity index (χ4v) is 2.17. The van der Waals surface area contributed by atoms with Crippen molar-refractivity contribution in [2.75, 3.05) is 20.3 Å². The number of nitrogens with one attached hydrogen (secondary N) is 1. The normalized spacial score (nSPS) is 23.8. The highest BCUT2D eigenvalue weighted by Gasteiger charge is 2.31. The van der Waals surface area contributed by atoms with E-state index in [2.05, 4.69) is 10.3 Å². The molecule has 20 heavy (non-hydrogen) atoms. The molecule has 106 valence electrons. The van der Waals surface area contributed by atoms with Crippen LogP contribution in [0.5, 0.6) is 17.2 Å². The van der Waals surface area contributed by atoms with Crippen LogP contribution in [0.2, 0.25) is 0 Å². The van der Waals surface area contributed by atoms with Crippen molar-refractivity contribution in [3.8, 4) is 17.2 Å². The van der Waals surface area contributed by atoms with Crippen LogP contribution in [0, 0.1) is 0 Å². The Morgan fingerprint density at radius 2 is 2.15 bits per heavy atom. The summed E-state index contributed by atoms with van der Waals surface area (Å²) in [5, 5.41) is 2.98. The van der Waals surface area contributed by atoms with Crippen LogP contribution in [0.25, 0.3) is 0 Å². The first-order chi connectivity index (χ1) is 9.62. The van der Waals surface area contributed by atoms with Gasteiger partial charge in [0.25, 0.3) is 0 Å². The first-order valence-electron chi connectivity index (χ1n) is 6.19. The number of methoxy groups -OCH3 is 1. The summed E-state index contributed by atoms with van der Waals surface area (Å²) in [5.41, 5.74) is 12.6. The van der Waals surface area contributed by atoms with Gasteiger partial charge >= 0.3 is 0 Å². The van der Waals surface area contributed by atoms with Gasteiger partial charge < -0.3 is 25.3 Å². The Balaban J connectivity index is 2.08. The molecule has 0 radical (unpaired) electrons. The Hall–Kier alpha value is -2.41. The number of amidine groups is 1. The molecule has 1 aromatic carbocycles. The monoisotopic (exact) mass is 276 g/mol. The number of rotatable bonds is 2. The second kappa shape index (κ2) is 4.61. The molecule has 1 aromatic rings. The van der Waals surface area contributed by atoms with E-state index in [1.54, 1.807) is 31.5 Å². The molecule has 2 aliphatic heterocycles. The van der Waals surface area contributed by atoms with E-state index in [4.69, 9.17) is 25.7 Å². The number of hydrogen-bond acceptors (Lipinski definition) is 7. The van der Waals surface area contributed by atoms with Crippen molar-refractivity contribution in [2.24, 2.45) is 16.5 Å². The summed E-state index contributed by atoms with van der Waals surface area (Å²) in [6, 6.07) is 3.54. The van der Waals surface area contributed by atoms with Gasteiger partial charge in [0.05, 0.1) is 7.11 Å². The van der Waals surface area contributed by atoms with Crippen molar-refractivity contribution >= 4 is 5.84 Å². The smallest absolute Gasteiger partial charge is 0.211 e. The van der Waals surface area contributed by atoms with Crippen molar-refractivity contribution in [2.45, 2.75) is 5.79 Å². The van der Waals surface area contributed by atoms with Gasteiger partial charge in [-0.1, -0.05) is 0 Å². The third kappa shape index (κ3) is 2.01. The van der Waals surface area contributed by atoms with Gasteiger partial charge in [0.1, 0.15) is 19.0 Å². The molecule has 2 aliphatic rings. The third-order valence-electron chi connectivity index (χ3n) is 3.13. The van der Waals surface area contributed by atoms with E-state index in [-0.39, 0.29) is 0 Å². The van der Waals surface area contributed by atoms with Gasteiger partial charge in [-0.25, -0.2) is 4.99 Å². The average molecular weight is 276 g/mol. The maximum atomic E-state index is 6.25. The van der Waals surface area contributed by atoms with Crippen LogP contribution in [0.15, 0.2) is 29.4 Å². The predicted molar refractivity (Wildman–Crippen MR) is 73.7 cm³/mol. The van der Waals surface area contributed by atoms with Crippen LogP contribution in [0.1, 0.15) is 5.56 Å². The van der Waals surface area contributed by atoms with Crippen molar-refractivity contribution in [1.82, 2.24) is 5.32 Å². The van der Waals surface area contributed by atoms with Gasteiger partial charge in [-0.05, 0) is 18.2 Å². The highest BCUT2D eigenvalue weighted by atomic mass is 16.6. The van der Waals surface area contributed by atoms with Gasteiger partial charge in [-0.3, -0.25) is 5.73 Å².